The molecule has 5 aromatic rings. The van der Waals surface area contributed by atoms with E-state index in [4.69, 9.17) is 28.2 Å². The highest BCUT2D eigenvalue weighted by atomic mass is 35.5. The van der Waals surface area contributed by atoms with Crippen molar-refractivity contribution in [3.8, 4) is 17.1 Å². The molecule has 1 aliphatic rings. The molecule has 0 radical (unpaired) electrons. The number of amides is 1. The summed E-state index contributed by atoms with van der Waals surface area (Å²) in [6.45, 7) is 1.47. The molecule has 3 heterocycles. The molecule has 1 fully saturated rings. The highest BCUT2D eigenvalue weighted by molar-refractivity contribution is 6.33. The standard InChI is InChI=1S/C29H24Cl2N6O/c30-20-10-12-22(13-11-20)37-26(23-8-4-5-9-24(23)31)35-25-27(32-18-33-28(25)37)36-16-14-21(15-17-36)34-29(38)19-6-2-1-3-7-19/h1-13,18,21H,14-17H2,(H,34,38). The molecule has 2 aromatic heterocycles. The number of halogens is 2. The van der Waals surface area contributed by atoms with E-state index in [0.29, 0.717) is 32.6 Å². The largest absolute Gasteiger partial charge is 0.355 e. The van der Waals surface area contributed by atoms with Gasteiger partial charge in [0.1, 0.15) is 12.2 Å². The summed E-state index contributed by atoms with van der Waals surface area (Å²) in [7, 11) is 0. The van der Waals surface area contributed by atoms with Crippen molar-refractivity contribution in [2.75, 3.05) is 18.0 Å². The first-order valence-corrected chi connectivity index (χ1v) is 13.2. The fourth-order valence-electron chi connectivity index (χ4n) is 4.86. The molecule has 1 aliphatic heterocycles. The zero-order valence-electron chi connectivity index (χ0n) is 20.4. The summed E-state index contributed by atoms with van der Waals surface area (Å²) in [6.07, 6.45) is 3.18. The number of benzene rings is 3. The van der Waals surface area contributed by atoms with E-state index in [1.165, 1.54) is 0 Å². The van der Waals surface area contributed by atoms with E-state index in [2.05, 4.69) is 20.2 Å². The second-order valence-corrected chi connectivity index (χ2v) is 10.0. The van der Waals surface area contributed by atoms with Gasteiger partial charge < -0.3 is 10.2 Å². The van der Waals surface area contributed by atoms with Crippen molar-refractivity contribution in [3.63, 3.8) is 0 Å². The van der Waals surface area contributed by atoms with Crippen LogP contribution in [0.3, 0.4) is 0 Å². The number of anilines is 1. The highest BCUT2D eigenvalue weighted by Gasteiger charge is 2.26. The van der Waals surface area contributed by atoms with Crippen LogP contribution in [0.1, 0.15) is 23.2 Å². The van der Waals surface area contributed by atoms with Crippen LogP contribution < -0.4 is 10.2 Å². The van der Waals surface area contributed by atoms with Crippen LogP contribution in [-0.4, -0.2) is 44.6 Å². The number of carbonyl (C=O) groups excluding carboxylic acids is 1. The van der Waals surface area contributed by atoms with Crippen LogP contribution in [0.15, 0.2) is 85.2 Å². The molecule has 1 amide bonds. The minimum absolute atomic E-state index is 0.0421. The number of hydrogen-bond acceptors (Lipinski definition) is 5. The van der Waals surface area contributed by atoms with E-state index < -0.39 is 0 Å². The summed E-state index contributed by atoms with van der Waals surface area (Å²) >= 11 is 12.8. The summed E-state index contributed by atoms with van der Waals surface area (Å²) in [5.74, 6) is 1.41. The molecule has 7 nitrogen and oxygen atoms in total. The maximum Gasteiger partial charge on any atom is 0.251 e. The minimum Gasteiger partial charge on any atom is -0.355 e. The number of rotatable bonds is 5. The van der Waals surface area contributed by atoms with E-state index in [-0.39, 0.29) is 11.9 Å². The first kappa shape index (κ1) is 24.4. The van der Waals surface area contributed by atoms with E-state index in [0.717, 1.165) is 43.0 Å². The van der Waals surface area contributed by atoms with Crippen LogP contribution in [-0.2, 0) is 0 Å². The number of nitrogens with one attached hydrogen (secondary N) is 1. The summed E-state index contributed by atoms with van der Waals surface area (Å²) in [6, 6.07) is 24.6. The van der Waals surface area contributed by atoms with Crippen molar-refractivity contribution in [3.05, 3.63) is 101 Å². The molecule has 0 bridgehead atoms. The van der Waals surface area contributed by atoms with E-state index in [1.54, 1.807) is 6.33 Å². The maximum absolute atomic E-state index is 12.6. The van der Waals surface area contributed by atoms with Gasteiger partial charge >= 0.3 is 0 Å². The Morgan fingerprint density at radius 3 is 2.32 bits per heavy atom. The Labute approximate surface area is 230 Å². The fraction of sp³-hybridized carbons (Fsp3) is 0.172. The summed E-state index contributed by atoms with van der Waals surface area (Å²) in [4.78, 5) is 29.1. The van der Waals surface area contributed by atoms with Gasteiger partial charge in [0, 0.05) is 41.0 Å². The Balaban J connectivity index is 1.33. The zero-order valence-corrected chi connectivity index (χ0v) is 21.9. The van der Waals surface area contributed by atoms with Crippen molar-refractivity contribution in [1.82, 2.24) is 24.8 Å². The van der Waals surface area contributed by atoms with Gasteiger partial charge in [0.2, 0.25) is 0 Å². The van der Waals surface area contributed by atoms with Gasteiger partial charge in [-0.15, -0.1) is 0 Å². The SMILES string of the molecule is O=C(NC1CCN(c2ncnc3c2nc(-c2ccccc2Cl)n3-c2ccc(Cl)cc2)CC1)c1ccccc1. The van der Waals surface area contributed by atoms with Crippen LogP contribution in [0.4, 0.5) is 5.82 Å². The molecule has 0 spiro atoms. The number of imidazole rings is 1. The Morgan fingerprint density at radius 1 is 0.868 bits per heavy atom. The highest BCUT2D eigenvalue weighted by Crippen LogP contribution is 2.35. The Kier molecular flexibility index (Phi) is 6.70. The number of hydrogen-bond donors (Lipinski definition) is 1. The predicted octanol–water partition coefficient (Wildman–Crippen LogP) is 6.19. The Morgan fingerprint density at radius 2 is 1.58 bits per heavy atom. The maximum atomic E-state index is 12.6. The molecule has 190 valence electrons. The van der Waals surface area contributed by atoms with Crippen molar-refractivity contribution in [1.29, 1.82) is 0 Å². The second kappa shape index (κ2) is 10.4. The lowest BCUT2D eigenvalue weighted by molar-refractivity contribution is 0.0931. The molecular weight excluding hydrogens is 519 g/mol. The predicted molar refractivity (Wildman–Crippen MR) is 151 cm³/mol. The lowest BCUT2D eigenvalue weighted by Crippen LogP contribution is -2.45. The fourth-order valence-corrected chi connectivity index (χ4v) is 5.21. The summed E-state index contributed by atoms with van der Waals surface area (Å²) in [5, 5.41) is 4.42. The molecule has 38 heavy (non-hydrogen) atoms. The van der Waals surface area contributed by atoms with Gasteiger partial charge in [-0.3, -0.25) is 9.36 Å². The average molecular weight is 543 g/mol. The van der Waals surface area contributed by atoms with Gasteiger partial charge in [-0.25, -0.2) is 15.0 Å². The zero-order chi connectivity index (χ0) is 26.1. The third-order valence-corrected chi connectivity index (χ3v) is 7.37. The topological polar surface area (TPSA) is 75.9 Å². The van der Waals surface area contributed by atoms with E-state index in [9.17, 15) is 4.79 Å². The van der Waals surface area contributed by atoms with Crippen LogP contribution in [0, 0.1) is 0 Å². The van der Waals surface area contributed by atoms with Gasteiger partial charge in [0.25, 0.3) is 5.91 Å². The lowest BCUT2D eigenvalue weighted by Gasteiger charge is -2.33. The number of piperidine rings is 1. The molecule has 9 heteroatoms. The molecule has 0 saturated carbocycles. The van der Waals surface area contributed by atoms with Crippen LogP contribution in [0.5, 0.6) is 0 Å². The molecule has 3 aromatic carbocycles. The quantitative estimate of drug-likeness (QED) is 0.286. The van der Waals surface area contributed by atoms with Gasteiger partial charge in [-0.05, 0) is 61.4 Å². The van der Waals surface area contributed by atoms with Crippen molar-refractivity contribution in [2.24, 2.45) is 0 Å². The number of carbonyl (C=O) groups is 1. The number of aromatic nitrogens is 4. The number of fused-ring (bicyclic) bond motifs is 1. The number of nitrogens with zero attached hydrogens (tertiary/aromatic N) is 5. The average Bonchev–Trinajstić information content (AvgIpc) is 3.34. The van der Waals surface area contributed by atoms with Gasteiger partial charge in [-0.1, -0.05) is 53.5 Å². The molecule has 0 atom stereocenters. The Bertz CT molecular complexity index is 1600. The monoisotopic (exact) mass is 542 g/mol. The van der Waals surface area contributed by atoms with Gasteiger partial charge in [-0.2, -0.15) is 0 Å². The third kappa shape index (κ3) is 4.71. The van der Waals surface area contributed by atoms with Crippen molar-refractivity contribution in [2.45, 2.75) is 18.9 Å². The van der Waals surface area contributed by atoms with E-state index >= 15 is 0 Å². The van der Waals surface area contributed by atoms with Crippen LogP contribution in [0.2, 0.25) is 10.0 Å². The molecule has 1 N–H and O–H groups in total. The molecular formula is C29H24Cl2N6O. The van der Waals surface area contributed by atoms with Gasteiger partial charge in [0.15, 0.2) is 17.0 Å². The molecule has 1 saturated heterocycles. The smallest absolute Gasteiger partial charge is 0.251 e. The molecule has 6 rings (SSSR count). The van der Waals surface area contributed by atoms with Crippen molar-refractivity contribution >= 4 is 46.1 Å². The van der Waals surface area contributed by atoms with Crippen molar-refractivity contribution < 1.29 is 4.79 Å². The lowest BCUT2D eigenvalue weighted by atomic mass is 10.0. The first-order chi connectivity index (χ1) is 18.6. The minimum atomic E-state index is -0.0421. The molecule has 0 aliphatic carbocycles. The van der Waals surface area contributed by atoms with Crippen LogP contribution >= 0.6 is 23.2 Å². The molecule has 0 unspecified atom stereocenters. The van der Waals surface area contributed by atoms with E-state index in [1.807, 2.05) is 83.4 Å². The summed E-state index contributed by atoms with van der Waals surface area (Å²) in [5.41, 5.74) is 3.73. The van der Waals surface area contributed by atoms with Gasteiger partial charge in [0.05, 0.1) is 5.02 Å². The first-order valence-electron chi connectivity index (χ1n) is 12.4. The third-order valence-electron chi connectivity index (χ3n) is 6.79. The van der Waals surface area contributed by atoms with Crippen LogP contribution in [0.25, 0.3) is 28.2 Å². The summed E-state index contributed by atoms with van der Waals surface area (Å²) < 4.78 is 1.99. The second-order valence-electron chi connectivity index (χ2n) is 9.20. The normalized spacial score (nSPS) is 14.1. The Hall–Kier alpha value is -3.94.